The van der Waals surface area contributed by atoms with Crippen LogP contribution in [0, 0.1) is 5.92 Å². The third-order valence-electron chi connectivity index (χ3n) is 3.67. The van der Waals surface area contributed by atoms with Crippen LogP contribution < -0.4 is 5.48 Å². The zero-order valence-corrected chi connectivity index (χ0v) is 9.93. The lowest BCUT2D eigenvalue weighted by Crippen LogP contribution is -2.32. The summed E-state index contributed by atoms with van der Waals surface area (Å²) in [4.78, 5) is 11.9. The van der Waals surface area contributed by atoms with Crippen molar-refractivity contribution in [1.82, 2.24) is 5.48 Å². The van der Waals surface area contributed by atoms with Crippen LogP contribution in [0.5, 0.6) is 0 Å². The van der Waals surface area contributed by atoms with Gasteiger partial charge < -0.3 is 0 Å². The number of nitrogens with one attached hydrogen (secondary N) is 1. The molecule has 1 fully saturated rings. The molecule has 1 amide bonds. The van der Waals surface area contributed by atoms with E-state index in [0.29, 0.717) is 5.92 Å². The number of amides is 1. The normalized spacial score (nSPS) is 18.6. The minimum absolute atomic E-state index is 0.207. The van der Waals surface area contributed by atoms with Crippen molar-refractivity contribution in [2.75, 3.05) is 0 Å². The zero-order valence-electron chi connectivity index (χ0n) is 9.93. The third-order valence-corrected chi connectivity index (χ3v) is 3.67. The monoisotopic (exact) mass is 233 g/mol. The summed E-state index contributed by atoms with van der Waals surface area (Å²) in [5.74, 6) is -0.122. The Bertz CT molecular complexity index is 358. The van der Waals surface area contributed by atoms with Crippen molar-refractivity contribution in [2.45, 2.75) is 38.0 Å². The van der Waals surface area contributed by atoms with Gasteiger partial charge in [-0.1, -0.05) is 49.6 Å². The van der Waals surface area contributed by atoms with Crippen LogP contribution in [0.15, 0.2) is 30.3 Å². The average molecular weight is 233 g/mol. The molecule has 17 heavy (non-hydrogen) atoms. The summed E-state index contributed by atoms with van der Waals surface area (Å²) in [6, 6.07) is 9.76. The molecule has 92 valence electrons. The standard InChI is InChI=1S/C14H19NO2/c16-14(15-17)13(11-7-3-1-4-8-11)12-9-5-2-6-10-12/h1,3-4,7-8,12-13,17H,2,5-6,9-10H2,(H,15,16). The first-order valence-electron chi connectivity index (χ1n) is 6.32. The second-order valence-corrected chi connectivity index (χ2v) is 4.76. The van der Waals surface area contributed by atoms with E-state index in [1.165, 1.54) is 19.3 Å². The van der Waals surface area contributed by atoms with E-state index in [2.05, 4.69) is 0 Å². The van der Waals surface area contributed by atoms with Crippen LogP contribution in [0.4, 0.5) is 0 Å². The van der Waals surface area contributed by atoms with Gasteiger partial charge in [0.1, 0.15) is 0 Å². The predicted octanol–water partition coefficient (Wildman–Crippen LogP) is 2.86. The minimum Gasteiger partial charge on any atom is -0.289 e. The van der Waals surface area contributed by atoms with Gasteiger partial charge in [-0.2, -0.15) is 0 Å². The maximum absolute atomic E-state index is 11.9. The molecule has 1 saturated carbocycles. The lowest BCUT2D eigenvalue weighted by Gasteiger charge is -2.29. The van der Waals surface area contributed by atoms with Gasteiger partial charge in [0, 0.05) is 0 Å². The summed E-state index contributed by atoms with van der Waals surface area (Å²) in [6.07, 6.45) is 5.79. The van der Waals surface area contributed by atoms with Crippen molar-refractivity contribution in [3.63, 3.8) is 0 Å². The van der Waals surface area contributed by atoms with Crippen molar-refractivity contribution in [3.05, 3.63) is 35.9 Å². The molecular formula is C14H19NO2. The van der Waals surface area contributed by atoms with Gasteiger partial charge in [-0.3, -0.25) is 10.0 Å². The molecule has 0 aliphatic heterocycles. The summed E-state index contributed by atoms with van der Waals surface area (Å²) in [5, 5.41) is 8.90. The van der Waals surface area contributed by atoms with E-state index in [1.54, 1.807) is 0 Å². The first kappa shape index (κ1) is 12.1. The third kappa shape index (κ3) is 2.86. The molecule has 0 aromatic heterocycles. The highest BCUT2D eigenvalue weighted by Gasteiger charge is 2.30. The molecule has 1 aliphatic carbocycles. The summed E-state index contributed by atoms with van der Waals surface area (Å²) < 4.78 is 0. The van der Waals surface area contributed by atoms with Gasteiger partial charge >= 0.3 is 0 Å². The minimum atomic E-state index is -0.275. The lowest BCUT2D eigenvalue weighted by molar-refractivity contribution is -0.132. The van der Waals surface area contributed by atoms with Gasteiger partial charge in [0.25, 0.3) is 5.91 Å². The lowest BCUT2D eigenvalue weighted by atomic mass is 9.76. The Morgan fingerprint density at radius 1 is 1.18 bits per heavy atom. The first-order chi connectivity index (χ1) is 8.33. The van der Waals surface area contributed by atoms with E-state index < -0.39 is 0 Å². The van der Waals surface area contributed by atoms with Gasteiger partial charge in [-0.25, -0.2) is 5.48 Å². The van der Waals surface area contributed by atoms with Crippen molar-refractivity contribution in [1.29, 1.82) is 0 Å². The van der Waals surface area contributed by atoms with Crippen LogP contribution in [0.3, 0.4) is 0 Å². The van der Waals surface area contributed by atoms with Crippen LogP contribution in [0.25, 0.3) is 0 Å². The van der Waals surface area contributed by atoms with Gasteiger partial charge in [-0.05, 0) is 24.3 Å². The highest BCUT2D eigenvalue weighted by Crippen LogP contribution is 2.36. The first-order valence-corrected chi connectivity index (χ1v) is 6.32. The SMILES string of the molecule is O=C(NO)C(c1ccccc1)C1CCCCC1. The van der Waals surface area contributed by atoms with E-state index >= 15 is 0 Å². The van der Waals surface area contributed by atoms with Crippen LogP contribution >= 0.6 is 0 Å². The number of benzene rings is 1. The summed E-state index contributed by atoms with van der Waals surface area (Å²) in [7, 11) is 0. The molecule has 0 heterocycles. The van der Waals surface area contributed by atoms with Gasteiger partial charge in [0.2, 0.25) is 0 Å². The zero-order chi connectivity index (χ0) is 12.1. The maximum atomic E-state index is 11.9. The number of hydrogen-bond donors (Lipinski definition) is 2. The molecule has 3 heteroatoms. The quantitative estimate of drug-likeness (QED) is 0.623. The topological polar surface area (TPSA) is 49.3 Å². The molecule has 0 bridgehead atoms. The van der Waals surface area contributed by atoms with Crippen molar-refractivity contribution < 1.29 is 10.0 Å². The number of carbonyl (C=O) groups excluding carboxylic acids is 1. The fourth-order valence-corrected chi connectivity index (χ4v) is 2.84. The molecule has 1 atom stereocenters. The van der Waals surface area contributed by atoms with Gasteiger partial charge in [0.15, 0.2) is 0 Å². The van der Waals surface area contributed by atoms with E-state index in [1.807, 2.05) is 35.8 Å². The number of hydrogen-bond acceptors (Lipinski definition) is 2. The molecule has 1 aromatic rings. The molecule has 1 unspecified atom stereocenters. The molecule has 2 rings (SSSR count). The number of hydroxylamine groups is 1. The highest BCUT2D eigenvalue weighted by atomic mass is 16.5. The summed E-state index contributed by atoms with van der Waals surface area (Å²) in [5.41, 5.74) is 2.83. The Kier molecular flexibility index (Phi) is 4.15. The van der Waals surface area contributed by atoms with E-state index in [-0.39, 0.29) is 11.8 Å². The second-order valence-electron chi connectivity index (χ2n) is 4.76. The molecule has 0 radical (unpaired) electrons. The fourth-order valence-electron chi connectivity index (χ4n) is 2.84. The second kappa shape index (κ2) is 5.82. The summed E-state index contributed by atoms with van der Waals surface area (Å²) in [6.45, 7) is 0. The molecule has 1 aromatic carbocycles. The van der Waals surface area contributed by atoms with Crippen LogP contribution in [-0.2, 0) is 4.79 Å². The Balaban J connectivity index is 2.21. The highest BCUT2D eigenvalue weighted by molar-refractivity contribution is 5.82. The smallest absolute Gasteiger partial charge is 0.251 e. The van der Waals surface area contributed by atoms with Gasteiger partial charge in [0.05, 0.1) is 5.92 Å². The van der Waals surface area contributed by atoms with Crippen molar-refractivity contribution in [2.24, 2.45) is 5.92 Å². The average Bonchev–Trinajstić information content (AvgIpc) is 2.41. The Morgan fingerprint density at radius 2 is 1.82 bits per heavy atom. The largest absolute Gasteiger partial charge is 0.289 e. The predicted molar refractivity (Wildman–Crippen MR) is 65.7 cm³/mol. The van der Waals surface area contributed by atoms with Crippen LogP contribution in [0.2, 0.25) is 0 Å². The molecule has 3 nitrogen and oxygen atoms in total. The Labute approximate surface area is 102 Å². The molecular weight excluding hydrogens is 214 g/mol. The van der Waals surface area contributed by atoms with E-state index in [4.69, 9.17) is 5.21 Å². The molecule has 0 spiro atoms. The molecule has 0 saturated heterocycles. The molecule has 1 aliphatic rings. The van der Waals surface area contributed by atoms with E-state index in [0.717, 1.165) is 18.4 Å². The summed E-state index contributed by atoms with van der Waals surface area (Å²) >= 11 is 0. The van der Waals surface area contributed by atoms with Crippen molar-refractivity contribution >= 4 is 5.91 Å². The van der Waals surface area contributed by atoms with Crippen LogP contribution in [-0.4, -0.2) is 11.1 Å². The Morgan fingerprint density at radius 3 is 2.41 bits per heavy atom. The molecule has 2 N–H and O–H groups in total. The van der Waals surface area contributed by atoms with Gasteiger partial charge in [-0.15, -0.1) is 0 Å². The fraction of sp³-hybridized carbons (Fsp3) is 0.500. The van der Waals surface area contributed by atoms with E-state index in [9.17, 15) is 4.79 Å². The number of carbonyl (C=O) groups is 1. The van der Waals surface area contributed by atoms with Crippen LogP contribution in [0.1, 0.15) is 43.6 Å². The Hall–Kier alpha value is -1.35. The number of rotatable bonds is 3. The maximum Gasteiger partial charge on any atom is 0.251 e. The van der Waals surface area contributed by atoms with Crippen molar-refractivity contribution in [3.8, 4) is 0 Å².